The van der Waals surface area contributed by atoms with Crippen molar-refractivity contribution in [1.82, 2.24) is 0 Å². The smallest absolute Gasteiger partial charge is 0.331 e. The molecule has 0 heterocycles. The maximum absolute atomic E-state index is 13.2. The van der Waals surface area contributed by atoms with Crippen LogP contribution in [-0.4, -0.2) is 18.1 Å². The van der Waals surface area contributed by atoms with Crippen LogP contribution in [0.15, 0.2) is 18.2 Å². The second kappa shape index (κ2) is 4.35. The third kappa shape index (κ3) is 2.57. The van der Waals surface area contributed by atoms with Crippen molar-refractivity contribution in [2.24, 2.45) is 0 Å². The van der Waals surface area contributed by atoms with Crippen LogP contribution in [0.5, 0.6) is 0 Å². The third-order valence-corrected chi connectivity index (χ3v) is 2.84. The van der Waals surface area contributed by atoms with Gasteiger partial charge in [0.25, 0.3) is 0 Å². The van der Waals surface area contributed by atoms with Crippen molar-refractivity contribution < 1.29 is 13.9 Å². The van der Waals surface area contributed by atoms with Gasteiger partial charge in [0.15, 0.2) is 0 Å². The Kier molecular flexibility index (Phi) is 3.05. The van der Waals surface area contributed by atoms with Gasteiger partial charge in [-0.05, 0) is 50.5 Å². The molecule has 2 rings (SSSR count). The molecule has 1 aromatic rings. The number of halogens is 1. The van der Waals surface area contributed by atoms with Gasteiger partial charge in [-0.25, -0.2) is 9.18 Å². The van der Waals surface area contributed by atoms with Crippen LogP contribution in [0, 0.1) is 12.7 Å². The van der Waals surface area contributed by atoms with E-state index in [0.717, 1.165) is 18.4 Å². The van der Waals surface area contributed by atoms with Gasteiger partial charge in [-0.15, -0.1) is 0 Å². The van der Waals surface area contributed by atoms with Crippen molar-refractivity contribution in [2.75, 3.05) is 11.9 Å². The van der Waals surface area contributed by atoms with Crippen LogP contribution in [0.25, 0.3) is 0 Å². The number of nitrogens with one attached hydrogen (secondary N) is 1. The summed E-state index contributed by atoms with van der Waals surface area (Å²) in [4.78, 5) is 11.7. The molecule has 1 saturated carbocycles. The number of carbonyl (C=O) groups is 1. The molecule has 0 spiro atoms. The second-order valence-corrected chi connectivity index (χ2v) is 4.44. The molecule has 1 fully saturated rings. The van der Waals surface area contributed by atoms with Crippen molar-refractivity contribution in [2.45, 2.75) is 32.2 Å². The number of benzene rings is 1. The first-order valence-corrected chi connectivity index (χ1v) is 5.78. The Bertz CT molecular complexity index is 421. The van der Waals surface area contributed by atoms with E-state index in [4.69, 9.17) is 4.74 Å². The lowest BCUT2D eigenvalue weighted by molar-refractivity contribution is -0.145. The summed E-state index contributed by atoms with van der Waals surface area (Å²) in [7, 11) is 0. The molecule has 4 heteroatoms. The fourth-order valence-corrected chi connectivity index (χ4v) is 1.86. The lowest BCUT2D eigenvalue weighted by Gasteiger charge is -2.17. The van der Waals surface area contributed by atoms with Crippen LogP contribution in [0.3, 0.4) is 0 Å². The maximum atomic E-state index is 13.2. The van der Waals surface area contributed by atoms with E-state index < -0.39 is 5.54 Å². The lowest BCUT2D eigenvalue weighted by Crippen LogP contribution is -2.33. The summed E-state index contributed by atoms with van der Waals surface area (Å²) in [5.74, 6) is -0.547. The van der Waals surface area contributed by atoms with Gasteiger partial charge in [-0.3, -0.25) is 0 Å². The monoisotopic (exact) mass is 237 g/mol. The zero-order valence-electron chi connectivity index (χ0n) is 10.0. The SMILES string of the molecule is CCOC(=O)C1(Nc2cc(C)cc(F)c2)CC1. The highest BCUT2D eigenvalue weighted by Gasteiger charge is 2.51. The average molecular weight is 237 g/mol. The van der Waals surface area contributed by atoms with E-state index in [2.05, 4.69) is 5.32 Å². The number of hydrogen-bond donors (Lipinski definition) is 1. The summed E-state index contributed by atoms with van der Waals surface area (Å²) in [5, 5.41) is 3.08. The quantitative estimate of drug-likeness (QED) is 0.818. The van der Waals surface area contributed by atoms with Gasteiger partial charge >= 0.3 is 5.97 Å². The van der Waals surface area contributed by atoms with E-state index in [1.54, 1.807) is 6.92 Å². The fourth-order valence-electron chi connectivity index (χ4n) is 1.86. The molecule has 17 heavy (non-hydrogen) atoms. The van der Waals surface area contributed by atoms with Crippen LogP contribution in [0.4, 0.5) is 10.1 Å². The van der Waals surface area contributed by atoms with Crippen LogP contribution in [0.1, 0.15) is 25.3 Å². The minimum Gasteiger partial charge on any atom is -0.464 e. The molecule has 0 bridgehead atoms. The van der Waals surface area contributed by atoms with Gasteiger partial charge in [0, 0.05) is 5.69 Å². The van der Waals surface area contributed by atoms with Gasteiger partial charge in [0.05, 0.1) is 6.61 Å². The van der Waals surface area contributed by atoms with Gasteiger partial charge < -0.3 is 10.1 Å². The highest BCUT2D eigenvalue weighted by molar-refractivity contribution is 5.88. The largest absolute Gasteiger partial charge is 0.464 e. The molecule has 0 amide bonds. The number of carbonyl (C=O) groups excluding carboxylic acids is 1. The Morgan fingerprint density at radius 3 is 2.71 bits per heavy atom. The Morgan fingerprint density at radius 1 is 1.47 bits per heavy atom. The van der Waals surface area contributed by atoms with Crippen molar-refractivity contribution in [3.63, 3.8) is 0 Å². The van der Waals surface area contributed by atoms with Crippen LogP contribution >= 0.6 is 0 Å². The summed E-state index contributed by atoms with van der Waals surface area (Å²) in [5.41, 5.74) is 0.830. The molecule has 0 saturated heterocycles. The van der Waals surface area contributed by atoms with E-state index >= 15 is 0 Å². The Morgan fingerprint density at radius 2 is 2.18 bits per heavy atom. The van der Waals surface area contributed by atoms with Crippen LogP contribution in [-0.2, 0) is 9.53 Å². The molecule has 0 radical (unpaired) electrons. The first-order valence-electron chi connectivity index (χ1n) is 5.78. The van der Waals surface area contributed by atoms with E-state index in [9.17, 15) is 9.18 Å². The summed E-state index contributed by atoms with van der Waals surface area (Å²) < 4.78 is 18.2. The zero-order valence-corrected chi connectivity index (χ0v) is 10.0. The van der Waals surface area contributed by atoms with Crippen molar-refractivity contribution in [3.8, 4) is 0 Å². The predicted octanol–water partition coefficient (Wildman–Crippen LogP) is 2.64. The van der Waals surface area contributed by atoms with Gasteiger partial charge in [0.1, 0.15) is 11.4 Å². The van der Waals surface area contributed by atoms with Crippen molar-refractivity contribution in [1.29, 1.82) is 0 Å². The van der Waals surface area contributed by atoms with E-state index in [-0.39, 0.29) is 11.8 Å². The lowest BCUT2D eigenvalue weighted by atomic mass is 10.2. The number of rotatable bonds is 4. The van der Waals surface area contributed by atoms with Crippen LogP contribution < -0.4 is 5.32 Å². The molecule has 1 N–H and O–H groups in total. The van der Waals surface area contributed by atoms with E-state index in [1.807, 2.05) is 13.0 Å². The summed E-state index contributed by atoms with van der Waals surface area (Å²) >= 11 is 0. The first-order chi connectivity index (χ1) is 8.05. The highest BCUT2D eigenvalue weighted by Crippen LogP contribution is 2.40. The number of anilines is 1. The molecule has 0 aromatic heterocycles. The number of esters is 1. The number of ether oxygens (including phenoxy) is 1. The molecule has 0 atom stereocenters. The molecular formula is C13H16FNO2. The van der Waals surface area contributed by atoms with Crippen molar-refractivity contribution in [3.05, 3.63) is 29.6 Å². The molecule has 0 unspecified atom stereocenters. The topological polar surface area (TPSA) is 38.3 Å². The minimum atomic E-state index is -0.629. The Labute approximate surface area is 100.0 Å². The predicted molar refractivity (Wildman–Crippen MR) is 63.4 cm³/mol. The summed E-state index contributed by atoms with van der Waals surface area (Å²) in [6.45, 7) is 3.96. The first kappa shape index (κ1) is 11.9. The van der Waals surface area contributed by atoms with Gasteiger partial charge in [0.2, 0.25) is 0 Å². The Hall–Kier alpha value is -1.58. The van der Waals surface area contributed by atoms with E-state index in [1.165, 1.54) is 12.1 Å². The highest BCUT2D eigenvalue weighted by atomic mass is 19.1. The second-order valence-electron chi connectivity index (χ2n) is 4.44. The molecule has 92 valence electrons. The molecule has 1 aliphatic rings. The number of aryl methyl sites for hydroxylation is 1. The molecule has 1 aromatic carbocycles. The van der Waals surface area contributed by atoms with Crippen molar-refractivity contribution >= 4 is 11.7 Å². The van der Waals surface area contributed by atoms with Crippen LogP contribution in [0.2, 0.25) is 0 Å². The summed E-state index contributed by atoms with van der Waals surface area (Å²) in [6.07, 6.45) is 1.47. The minimum absolute atomic E-state index is 0.248. The maximum Gasteiger partial charge on any atom is 0.331 e. The number of hydrogen-bond acceptors (Lipinski definition) is 3. The van der Waals surface area contributed by atoms with Gasteiger partial charge in [-0.2, -0.15) is 0 Å². The molecular weight excluding hydrogens is 221 g/mol. The van der Waals surface area contributed by atoms with Gasteiger partial charge in [-0.1, -0.05) is 0 Å². The molecule has 3 nitrogen and oxygen atoms in total. The van der Waals surface area contributed by atoms with E-state index in [0.29, 0.717) is 12.3 Å². The molecule has 0 aliphatic heterocycles. The Balaban J connectivity index is 2.12. The fraction of sp³-hybridized carbons (Fsp3) is 0.462. The zero-order chi connectivity index (χ0) is 12.5. The average Bonchev–Trinajstić information content (AvgIpc) is 2.97. The normalized spacial score (nSPS) is 16.4. The summed E-state index contributed by atoms with van der Waals surface area (Å²) in [6, 6.07) is 4.67. The standard InChI is InChI=1S/C13H16FNO2/c1-3-17-12(16)13(4-5-13)15-11-7-9(2)6-10(14)8-11/h6-8,15H,3-5H2,1-2H3. The molecule has 1 aliphatic carbocycles. The third-order valence-electron chi connectivity index (χ3n) is 2.84.